The van der Waals surface area contributed by atoms with Crippen LogP contribution in [0.25, 0.3) is 16.7 Å². The summed E-state index contributed by atoms with van der Waals surface area (Å²) < 4.78 is 2.16. The molecular weight excluding hydrogens is 272 g/mol. The Balaban J connectivity index is 1.76. The number of nitrogens with zero attached hydrogens (tertiary/aromatic N) is 4. The number of aromatic nitrogens is 2. The van der Waals surface area contributed by atoms with Crippen molar-refractivity contribution in [3.63, 3.8) is 0 Å². The van der Waals surface area contributed by atoms with Crippen molar-refractivity contribution in [2.45, 2.75) is 6.42 Å². The maximum absolute atomic E-state index is 4.53. The third-order valence-electron chi connectivity index (χ3n) is 4.40. The van der Waals surface area contributed by atoms with E-state index in [1.165, 1.54) is 23.3 Å². The molecule has 2 heterocycles. The van der Waals surface area contributed by atoms with Crippen molar-refractivity contribution in [1.82, 2.24) is 9.55 Å². The molecule has 4 rings (SSSR count). The van der Waals surface area contributed by atoms with Crippen molar-refractivity contribution in [2.75, 3.05) is 37.0 Å². The Hall–Kier alpha value is -2.49. The molecule has 1 aliphatic rings. The minimum Gasteiger partial charge on any atom is -0.378 e. The first kappa shape index (κ1) is 13.2. The van der Waals surface area contributed by atoms with Crippen molar-refractivity contribution in [1.29, 1.82) is 0 Å². The van der Waals surface area contributed by atoms with Gasteiger partial charge in [-0.3, -0.25) is 4.57 Å². The molecule has 2 aromatic carbocycles. The summed E-state index contributed by atoms with van der Waals surface area (Å²) in [5, 5.41) is 0. The summed E-state index contributed by atoms with van der Waals surface area (Å²) in [6.45, 7) is 2.33. The summed E-state index contributed by atoms with van der Waals surface area (Å²) in [6, 6.07) is 15.1. The van der Waals surface area contributed by atoms with Crippen LogP contribution in [0.5, 0.6) is 0 Å². The van der Waals surface area contributed by atoms with Crippen molar-refractivity contribution < 1.29 is 0 Å². The van der Waals surface area contributed by atoms with Gasteiger partial charge in [-0.1, -0.05) is 0 Å². The van der Waals surface area contributed by atoms with Gasteiger partial charge in [-0.25, -0.2) is 4.98 Å². The van der Waals surface area contributed by atoms with Crippen LogP contribution in [-0.4, -0.2) is 36.7 Å². The van der Waals surface area contributed by atoms with Gasteiger partial charge in [-0.05, 0) is 48.9 Å². The molecule has 1 fully saturated rings. The van der Waals surface area contributed by atoms with Crippen molar-refractivity contribution in [3.8, 4) is 5.69 Å². The fourth-order valence-corrected chi connectivity index (χ4v) is 2.88. The van der Waals surface area contributed by atoms with Crippen LogP contribution in [0.4, 0.5) is 11.4 Å². The Morgan fingerprint density at radius 1 is 0.955 bits per heavy atom. The van der Waals surface area contributed by atoms with E-state index in [0.717, 1.165) is 24.3 Å². The SMILES string of the molecule is CN(C)c1ccc(-n2cnc3ccc(N4CCC4)cc32)cc1. The molecule has 0 amide bonds. The summed E-state index contributed by atoms with van der Waals surface area (Å²) in [7, 11) is 4.11. The van der Waals surface area contributed by atoms with E-state index in [4.69, 9.17) is 0 Å². The van der Waals surface area contributed by atoms with Crippen LogP contribution < -0.4 is 9.80 Å². The average molecular weight is 292 g/mol. The van der Waals surface area contributed by atoms with Crippen molar-refractivity contribution in [3.05, 3.63) is 48.8 Å². The molecule has 1 aromatic heterocycles. The zero-order valence-corrected chi connectivity index (χ0v) is 13.0. The minimum absolute atomic E-state index is 1.04. The number of hydrogen-bond acceptors (Lipinski definition) is 3. The summed E-state index contributed by atoms with van der Waals surface area (Å²) in [5.41, 5.74) is 5.86. The Morgan fingerprint density at radius 3 is 2.32 bits per heavy atom. The Morgan fingerprint density at radius 2 is 1.68 bits per heavy atom. The fourth-order valence-electron chi connectivity index (χ4n) is 2.88. The predicted octanol–water partition coefficient (Wildman–Crippen LogP) is 3.30. The van der Waals surface area contributed by atoms with Gasteiger partial charge >= 0.3 is 0 Å². The van der Waals surface area contributed by atoms with Crippen LogP contribution in [0.2, 0.25) is 0 Å². The number of fused-ring (bicyclic) bond motifs is 1. The van der Waals surface area contributed by atoms with Gasteiger partial charge in [0.15, 0.2) is 0 Å². The highest BCUT2D eigenvalue weighted by atomic mass is 15.2. The molecule has 22 heavy (non-hydrogen) atoms. The smallest absolute Gasteiger partial charge is 0.100 e. The molecule has 4 nitrogen and oxygen atoms in total. The van der Waals surface area contributed by atoms with Gasteiger partial charge in [0, 0.05) is 44.2 Å². The van der Waals surface area contributed by atoms with Gasteiger partial charge in [0.2, 0.25) is 0 Å². The molecule has 0 aliphatic carbocycles. The summed E-state index contributed by atoms with van der Waals surface area (Å²) in [6.07, 6.45) is 3.21. The maximum atomic E-state index is 4.53. The maximum Gasteiger partial charge on any atom is 0.100 e. The quantitative estimate of drug-likeness (QED) is 0.740. The third kappa shape index (κ3) is 2.11. The molecule has 112 valence electrons. The van der Waals surface area contributed by atoms with Crippen LogP contribution >= 0.6 is 0 Å². The molecule has 0 saturated carbocycles. The Bertz CT molecular complexity index is 798. The largest absolute Gasteiger partial charge is 0.378 e. The predicted molar refractivity (Wildman–Crippen MR) is 92.2 cm³/mol. The first-order valence-electron chi connectivity index (χ1n) is 7.72. The molecule has 0 bridgehead atoms. The number of imidazole rings is 1. The van der Waals surface area contributed by atoms with E-state index in [1.54, 1.807) is 0 Å². The summed E-state index contributed by atoms with van der Waals surface area (Å²) in [5.74, 6) is 0. The second kappa shape index (κ2) is 5.05. The third-order valence-corrected chi connectivity index (χ3v) is 4.40. The molecule has 4 heteroatoms. The first-order valence-corrected chi connectivity index (χ1v) is 7.72. The van der Waals surface area contributed by atoms with E-state index in [-0.39, 0.29) is 0 Å². The molecule has 1 aliphatic heterocycles. The van der Waals surface area contributed by atoms with Gasteiger partial charge in [-0.15, -0.1) is 0 Å². The number of rotatable bonds is 3. The van der Waals surface area contributed by atoms with Gasteiger partial charge < -0.3 is 9.80 Å². The number of anilines is 2. The monoisotopic (exact) mass is 292 g/mol. The molecule has 0 atom stereocenters. The van der Waals surface area contributed by atoms with Gasteiger partial charge in [0.25, 0.3) is 0 Å². The first-order chi connectivity index (χ1) is 10.7. The summed E-state index contributed by atoms with van der Waals surface area (Å²) in [4.78, 5) is 9.05. The van der Waals surface area contributed by atoms with Crippen LogP contribution in [0, 0.1) is 0 Å². The van der Waals surface area contributed by atoms with E-state index >= 15 is 0 Å². The molecule has 0 N–H and O–H groups in total. The van der Waals surface area contributed by atoms with E-state index < -0.39 is 0 Å². The highest BCUT2D eigenvalue weighted by Gasteiger charge is 2.15. The number of hydrogen-bond donors (Lipinski definition) is 0. The highest BCUT2D eigenvalue weighted by molar-refractivity contribution is 5.81. The Labute approximate surface area is 130 Å². The van der Waals surface area contributed by atoms with Crippen molar-refractivity contribution in [2.24, 2.45) is 0 Å². The molecule has 0 unspecified atom stereocenters. The van der Waals surface area contributed by atoms with E-state index in [1.807, 2.05) is 6.33 Å². The average Bonchev–Trinajstić information content (AvgIpc) is 2.89. The topological polar surface area (TPSA) is 24.3 Å². The van der Waals surface area contributed by atoms with E-state index in [9.17, 15) is 0 Å². The molecular formula is C18H20N4. The van der Waals surface area contributed by atoms with Crippen LogP contribution in [0.15, 0.2) is 48.8 Å². The molecule has 1 saturated heterocycles. The standard InChI is InChI=1S/C18H20N4/c1-20(2)14-4-6-15(7-5-14)22-13-19-17-9-8-16(12-18(17)22)21-10-3-11-21/h4-9,12-13H,3,10-11H2,1-2H3. The van der Waals surface area contributed by atoms with Gasteiger partial charge in [-0.2, -0.15) is 0 Å². The summed E-state index contributed by atoms with van der Waals surface area (Å²) >= 11 is 0. The van der Waals surface area contributed by atoms with E-state index in [2.05, 4.69) is 75.9 Å². The van der Waals surface area contributed by atoms with Crippen molar-refractivity contribution >= 4 is 22.4 Å². The van der Waals surface area contributed by atoms with E-state index in [0.29, 0.717) is 0 Å². The molecule has 0 radical (unpaired) electrons. The van der Waals surface area contributed by atoms with Crippen LogP contribution in [-0.2, 0) is 0 Å². The number of benzene rings is 2. The molecule has 0 spiro atoms. The normalized spacial score (nSPS) is 14.2. The lowest BCUT2D eigenvalue weighted by Crippen LogP contribution is -2.36. The lowest BCUT2D eigenvalue weighted by molar-refractivity contribution is 0.618. The van der Waals surface area contributed by atoms with Crippen LogP contribution in [0.1, 0.15) is 6.42 Å². The highest BCUT2D eigenvalue weighted by Crippen LogP contribution is 2.27. The second-order valence-corrected chi connectivity index (χ2v) is 6.04. The molecule has 3 aromatic rings. The zero-order valence-electron chi connectivity index (χ0n) is 13.0. The minimum atomic E-state index is 1.04. The van der Waals surface area contributed by atoms with Gasteiger partial charge in [0.05, 0.1) is 11.0 Å². The van der Waals surface area contributed by atoms with Crippen LogP contribution in [0.3, 0.4) is 0 Å². The fraction of sp³-hybridized carbons (Fsp3) is 0.278. The lowest BCUT2D eigenvalue weighted by Gasteiger charge is -2.33. The Kier molecular flexibility index (Phi) is 3.03. The van der Waals surface area contributed by atoms with Gasteiger partial charge in [0.1, 0.15) is 6.33 Å². The zero-order chi connectivity index (χ0) is 15.1. The second-order valence-electron chi connectivity index (χ2n) is 6.04. The lowest BCUT2D eigenvalue weighted by atomic mass is 10.1.